The van der Waals surface area contributed by atoms with Crippen LogP contribution in [0.15, 0.2) is 91.0 Å². The summed E-state index contributed by atoms with van der Waals surface area (Å²) in [5.41, 5.74) is 2.87. The van der Waals surface area contributed by atoms with E-state index in [9.17, 15) is 0 Å². The van der Waals surface area contributed by atoms with E-state index in [1.54, 1.807) is 0 Å². The normalized spacial score (nSPS) is 16.1. The van der Waals surface area contributed by atoms with Gasteiger partial charge >= 0.3 is 8.60 Å². The standard InChI is InChI=1S/C33H45O3P/c1-31(2,3)28(25-19-13-10-14-20-25)34-37(35-29(32(4,5)6)26-21-15-11-16-22-26)36-30(33(7,8)9)27-23-17-12-18-24-27/h10-24,28-30H,1-9H3. The summed E-state index contributed by atoms with van der Waals surface area (Å²) >= 11 is 0. The highest BCUT2D eigenvalue weighted by Crippen LogP contribution is 2.59. The van der Waals surface area contributed by atoms with Gasteiger partial charge in [-0.15, -0.1) is 0 Å². The highest BCUT2D eigenvalue weighted by molar-refractivity contribution is 7.41. The molecule has 200 valence electrons. The average Bonchev–Trinajstić information content (AvgIpc) is 2.83. The Morgan fingerprint density at radius 1 is 0.405 bits per heavy atom. The molecule has 0 N–H and O–H groups in total. The van der Waals surface area contributed by atoms with Crippen LogP contribution in [0.4, 0.5) is 0 Å². The molecule has 0 radical (unpaired) electrons. The van der Waals surface area contributed by atoms with E-state index < -0.39 is 8.60 Å². The summed E-state index contributed by atoms with van der Waals surface area (Å²) < 4.78 is 20.7. The average molecular weight is 521 g/mol. The highest BCUT2D eigenvalue weighted by Gasteiger charge is 2.39. The Balaban J connectivity index is 2.05. The van der Waals surface area contributed by atoms with E-state index in [0.29, 0.717) is 0 Å². The van der Waals surface area contributed by atoms with E-state index >= 15 is 0 Å². The summed E-state index contributed by atoms with van der Waals surface area (Å²) in [4.78, 5) is 0. The molecule has 0 saturated heterocycles. The van der Waals surface area contributed by atoms with E-state index in [0.717, 1.165) is 16.7 Å². The molecule has 0 aliphatic heterocycles. The van der Waals surface area contributed by atoms with Gasteiger partial charge in [-0.05, 0) is 32.9 Å². The Morgan fingerprint density at radius 3 is 0.811 bits per heavy atom. The third-order valence-corrected chi connectivity index (χ3v) is 7.39. The van der Waals surface area contributed by atoms with Gasteiger partial charge in [-0.2, -0.15) is 0 Å². The summed E-state index contributed by atoms with van der Waals surface area (Å²) in [5.74, 6) is 0. The largest absolute Gasteiger partial charge is 0.334 e. The molecule has 3 unspecified atom stereocenters. The van der Waals surface area contributed by atoms with Crippen LogP contribution in [-0.4, -0.2) is 0 Å². The van der Waals surface area contributed by atoms with Crippen molar-refractivity contribution in [1.29, 1.82) is 0 Å². The first-order valence-corrected chi connectivity index (χ1v) is 14.3. The third kappa shape index (κ3) is 8.48. The third-order valence-electron chi connectivity index (χ3n) is 6.24. The van der Waals surface area contributed by atoms with Gasteiger partial charge in [-0.3, -0.25) is 0 Å². The molecule has 0 bridgehead atoms. The molecular weight excluding hydrogens is 475 g/mol. The van der Waals surface area contributed by atoms with E-state index in [-0.39, 0.29) is 34.6 Å². The molecule has 0 heterocycles. The van der Waals surface area contributed by atoms with Crippen molar-refractivity contribution in [3.8, 4) is 0 Å². The van der Waals surface area contributed by atoms with E-state index in [2.05, 4.69) is 135 Å². The smallest absolute Gasteiger partial charge is 0.303 e. The van der Waals surface area contributed by atoms with Crippen LogP contribution < -0.4 is 0 Å². The van der Waals surface area contributed by atoms with Gasteiger partial charge in [0.25, 0.3) is 0 Å². The Hall–Kier alpha value is -2.03. The Morgan fingerprint density at radius 2 is 0.622 bits per heavy atom. The fourth-order valence-electron chi connectivity index (χ4n) is 4.37. The van der Waals surface area contributed by atoms with Crippen molar-refractivity contribution in [3.63, 3.8) is 0 Å². The molecule has 0 amide bonds. The number of hydrogen-bond donors (Lipinski definition) is 0. The molecule has 0 aliphatic carbocycles. The molecule has 0 fully saturated rings. The lowest BCUT2D eigenvalue weighted by atomic mass is 9.85. The predicted molar refractivity (Wildman–Crippen MR) is 156 cm³/mol. The van der Waals surface area contributed by atoms with Crippen molar-refractivity contribution in [3.05, 3.63) is 108 Å². The lowest BCUT2D eigenvalue weighted by molar-refractivity contribution is -0.0184. The first-order valence-electron chi connectivity index (χ1n) is 13.2. The molecule has 3 atom stereocenters. The minimum Gasteiger partial charge on any atom is -0.303 e. The van der Waals surface area contributed by atoms with Crippen molar-refractivity contribution in [2.75, 3.05) is 0 Å². The molecule has 3 aromatic rings. The molecule has 0 spiro atoms. The Labute approximate surface area is 226 Å². The van der Waals surface area contributed by atoms with Crippen LogP contribution in [-0.2, 0) is 13.6 Å². The lowest BCUT2D eigenvalue weighted by Crippen LogP contribution is -2.26. The maximum absolute atomic E-state index is 6.92. The minimum absolute atomic E-state index is 0.164. The van der Waals surface area contributed by atoms with Gasteiger partial charge in [0.1, 0.15) is 0 Å². The predicted octanol–water partition coefficient (Wildman–Crippen LogP) is 10.6. The quantitative estimate of drug-likeness (QED) is 0.263. The van der Waals surface area contributed by atoms with E-state index in [4.69, 9.17) is 13.6 Å². The zero-order valence-electron chi connectivity index (χ0n) is 24.1. The fourth-order valence-corrected chi connectivity index (χ4v) is 6.35. The molecule has 4 heteroatoms. The maximum Gasteiger partial charge on any atom is 0.334 e. The van der Waals surface area contributed by atoms with Gasteiger partial charge in [0.2, 0.25) is 0 Å². The van der Waals surface area contributed by atoms with Crippen LogP contribution in [0.2, 0.25) is 0 Å². The molecule has 3 aromatic carbocycles. The number of benzene rings is 3. The van der Waals surface area contributed by atoms with Crippen molar-refractivity contribution in [2.24, 2.45) is 16.2 Å². The topological polar surface area (TPSA) is 27.7 Å². The van der Waals surface area contributed by atoms with Gasteiger partial charge < -0.3 is 13.6 Å². The SMILES string of the molecule is CC(C)(C)C(OP(OC(c1ccccc1)C(C)(C)C)OC(c1ccccc1)C(C)(C)C)c1ccccc1. The summed E-state index contributed by atoms with van der Waals surface area (Å²) in [7, 11) is -1.74. The first kappa shape index (κ1) is 29.5. The van der Waals surface area contributed by atoms with Crippen molar-refractivity contribution in [1.82, 2.24) is 0 Å². The molecule has 0 aliphatic rings. The number of hydrogen-bond acceptors (Lipinski definition) is 3. The second-order valence-electron chi connectivity index (χ2n) is 13.0. The molecule has 0 saturated carbocycles. The summed E-state index contributed by atoms with van der Waals surface area (Å²) in [6.45, 7) is 19.8. The van der Waals surface area contributed by atoms with Crippen molar-refractivity contribution >= 4 is 8.60 Å². The zero-order valence-corrected chi connectivity index (χ0v) is 25.0. The molecule has 37 heavy (non-hydrogen) atoms. The van der Waals surface area contributed by atoms with Gasteiger partial charge in [-0.25, -0.2) is 0 Å². The second-order valence-corrected chi connectivity index (χ2v) is 14.1. The molecule has 3 rings (SSSR count). The van der Waals surface area contributed by atoms with E-state index in [1.165, 1.54) is 0 Å². The summed E-state index contributed by atoms with van der Waals surface area (Å²) in [6.07, 6.45) is -0.604. The maximum atomic E-state index is 6.92. The summed E-state index contributed by atoms with van der Waals surface area (Å²) in [5, 5.41) is 0. The van der Waals surface area contributed by atoms with Crippen LogP contribution in [0, 0.1) is 16.2 Å². The first-order chi connectivity index (χ1) is 17.3. The van der Waals surface area contributed by atoms with Crippen LogP contribution in [0.25, 0.3) is 0 Å². The van der Waals surface area contributed by atoms with Gasteiger partial charge in [0.15, 0.2) is 0 Å². The van der Waals surface area contributed by atoms with Crippen LogP contribution >= 0.6 is 8.60 Å². The van der Waals surface area contributed by atoms with Gasteiger partial charge in [0, 0.05) is 0 Å². The molecule has 3 nitrogen and oxygen atoms in total. The highest BCUT2D eigenvalue weighted by atomic mass is 31.2. The molecular formula is C33H45O3P. The Bertz CT molecular complexity index is 922. The lowest BCUT2D eigenvalue weighted by Gasteiger charge is -2.40. The fraction of sp³-hybridized carbons (Fsp3) is 0.455. The van der Waals surface area contributed by atoms with Crippen molar-refractivity contribution in [2.45, 2.75) is 80.6 Å². The van der Waals surface area contributed by atoms with Crippen LogP contribution in [0.5, 0.6) is 0 Å². The van der Waals surface area contributed by atoms with Crippen molar-refractivity contribution < 1.29 is 13.6 Å². The zero-order chi connectivity index (χ0) is 27.3. The van der Waals surface area contributed by atoms with E-state index in [1.807, 2.05) is 18.2 Å². The summed E-state index contributed by atoms with van der Waals surface area (Å²) in [6, 6.07) is 31.2. The van der Waals surface area contributed by atoms with Crippen LogP contribution in [0.1, 0.15) is 97.3 Å². The van der Waals surface area contributed by atoms with Gasteiger partial charge in [0.05, 0.1) is 18.3 Å². The second kappa shape index (κ2) is 12.2. The number of rotatable bonds is 9. The molecule has 0 aromatic heterocycles. The Kier molecular flexibility index (Phi) is 9.75. The van der Waals surface area contributed by atoms with Gasteiger partial charge in [-0.1, -0.05) is 153 Å². The van der Waals surface area contributed by atoms with Crippen LogP contribution in [0.3, 0.4) is 0 Å². The minimum atomic E-state index is -1.74. The monoisotopic (exact) mass is 520 g/mol.